The van der Waals surface area contributed by atoms with E-state index in [-0.39, 0.29) is 17.5 Å². The second kappa shape index (κ2) is 6.47. The number of hydrogen-bond donors (Lipinski definition) is 2. The third-order valence-corrected chi connectivity index (χ3v) is 5.26. The van der Waals surface area contributed by atoms with Crippen molar-refractivity contribution in [2.24, 2.45) is 5.73 Å². The maximum atomic E-state index is 12.4. The van der Waals surface area contributed by atoms with Crippen molar-refractivity contribution >= 4 is 10.0 Å². The molecule has 19 heavy (non-hydrogen) atoms. The van der Waals surface area contributed by atoms with Crippen molar-refractivity contribution < 1.29 is 13.5 Å². The summed E-state index contributed by atoms with van der Waals surface area (Å²) in [5.74, 6) is 0. The highest BCUT2D eigenvalue weighted by Crippen LogP contribution is 2.21. The molecule has 108 valence electrons. The van der Waals surface area contributed by atoms with Crippen LogP contribution in [-0.2, 0) is 10.0 Å². The fourth-order valence-corrected chi connectivity index (χ4v) is 3.07. The number of nitrogens with zero attached hydrogens (tertiary/aromatic N) is 1. The highest BCUT2D eigenvalue weighted by Gasteiger charge is 2.25. The van der Waals surface area contributed by atoms with Crippen LogP contribution in [0.3, 0.4) is 0 Å². The molecule has 0 spiro atoms. The largest absolute Gasteiger partial charge is 0.395 e. The molecule has 1 rings (SSSR count). The first-order chi connectivity index (χ1) is 8.84. The molecule has 0 bridgehead atoms. The van der Waals surface area contributed by atoms with Gasteiger partial charge in [-0.25, -0.2) is 8.42 Å². The Morgan fingerprint density at radius 2 is 2.05 bits per heavy atom. The summed E-state index contributed by atoms with van der Waals surface area (Å²) >= 11 is 0. The highest BCUT2D eigenvalue weighted by molar-refractivity contribution is 7.89. The van der Waals surface area contributed by atoms with Gasteiger partial charge in [-0.1, -0.05) is 19.1 Å². The zero-order chi connectivity index (χ0) is 14.6. The van der Waals surface area contributed by atoms with Crippen molar-refractivity contribution in [2.45, 2.75) is 37.2 Å². The zero-order valence-corrected chi connectivity index (χ0v) is 12.4. The Morgan fingerprint density at radius 3 is 2.58 bits per heavy atom. The second-order valence-electron chi connectivity index (χ2n) is 4.64. The Kier molecular flexibility index (Phi) is 5.49. The Bertz CT molecular complexity index is 516. The molecule has 0 fully saturated rings. The molecule has 0 saturated carbocycles. The number of aliphatic hydroxyl groups is 1. The average Bonchev–Trinajstić information content (AvgIpc) is 2.44. The molecule has 0 aliphatic carbocycles. The highest BCUT2D eigenvalue weighted by atomic mass is 32.2. The van der Waals surface area contributed by atoms with E-state index in [2.05, 4.69) is 0 Å². The average molecular weight is 286 g/mol. The summed E-state index contributed by atoms with van der Waals surface area (Å²) in [6.07, 6.45) is 0.742. The summed E-state index contributed by atoms with van der Waals surface area (Å²) < 4.78 is 25.9. The van der Waals surface area contributed by atoms with Crippen molar-refractivity contribution in [3.63, 3.8) is 0 Å². The third kappa shape index (κ3) is 3.54. The molecule has 3 N–H and O–H groups in total. The number of benzene rings is 1. The Morgan fingerprint density at radius 1 is 1.42 bits per heavy atom. The molecule has 0 amide bonds. The van der Waals surface area contributed by atoms with Crippen LogP contribution in [0.5, 0.6) is 0 Å². The quantitative estimate of drug-likeness (QED) is 0.820. The van der Waals surface area contributed by atoms with Crippen molar-refractivity contribution in [3.05, 3.63) is 29.8 Å². The fraction of sp³-hybridized carbons (Fsp3) is 0.538. The molecule has 6 heteroatoms. The summed E-state index contributed by atoms with van der Waals surface area (Å²) in [4.78, 5) is 0.205. The van der Waals surface area contributed by atoms with Crippen LogP contribution < -0.4 is 5.73 Å². The van der Waals surface area contributed by atoms with Crippen molar-refractivity contribution in [1.29, 1.82) is 0 Å². The van der Waals surface area contributed by atoms with Gasteiger partial charge in [-0.2, -0.15) is 4.31 Å². The molecule has 5 nitrogen and oxygen atoms in total. The van der Waals surface area contributed by atoms with Gasteiger partial charge in [0.2, 0.25) is 10.0 Å². The van der Waals surface area contributed by atoms with Crippen molar-refractivity contribution in [1.82, 2.24) is 4.31 Å². The fourth-order valence-electron chi connectivity index (χ4n) is 1.66. The smallest absolute Gasteiger partial charge is 0.243 e. The maximum absolute atomic E-state index is 12.4. The predicted octanol–water partition coefficient (Wildman–Crippen LogP) is 1.10. The summed E-state index contributed by atoms with van der Waals surface area (Å²) in [5.41, 5.74) is 6.72. The van der Waals surface area contributed by atoms with Gasteiger partial charge in [0.15, 0.2) is 0 Å². The SMILES string of the molecule is CCC(N)c1cccc(S(=O)(=O)N(C)C(C)CO)c1. The van der Waals surface area contributed by atoms with Crippen LogP contribution in [0.2, 0.25) is 0 Å². The number of hydrogen-bond acceptors (Lipinski definition) is 4. The van der Waals surface area contributed by atoms with E-state index < -0.39 is 16.1 Å². The topological polar surface area (TPSA) is 83.6 Å². The third-order valence-electron chi connectivity index (χ3n) is 3.29. The Hall–Kier alpha value is -0.950. The number of nitrogens with two attached hydrogens (primary N) is 1. The van der Waals surface area contributed by atoms with E-state index in [1.165, 1.54) is 11.4 Å². The molecule has 0 radical (unpaired) electrons. The Labute approximate surface area is 115 Å². The first kappa shape index (κ1) is 16.1. The lowest BCUT2D eigenvalue weighted by Crippen LogP contribution is -2.37. The van der Waals surface area contributed by atoms with E-state index in [0.29, 0.717) is 0 Å². The van der Waals surface area contributed by atoms with E-state index in [9.17, 15) is 8.42 Å². The van der Waals surface area contributed by atoms with Gasteiger partial charge >= 0.3 is 0 Å². The zero-order valence-electron chi connectivity index (χ0n) is 11.6. The van der Waals surface area contributed by atoms with Crippen molar-refractivity contribution in [2.75, 3.05) is 13.7 Å². The molecular formula is C13H22N2O3S. The molecule has 2 atom stereocenters. The van der Waals surface area contributed by atoms with Gasteiger partial charge in [0.25, 0.3) is 0 Å². The maximum Gasteiger partial charge on any atom is 0.243 e. The normalized spacial score (nSPS) is 15.5. The van der Waals surface area contributed by atoms with Gasteiger partial charge in [-0.05, 0) is 31.0 Å². The van der Waals surface area contributed by atoms with E-state index >= 15 is 0 Å². The first-order valence-corrected chi connectivity index (χ1v) is 7.73. The monoisotopic (exact) mass is 286 g/mol. The predicted molar refractivity (Wildman–Crippen MR) is 75.2 cm³/mol. The summed E-state index contributed by atoms with van der Waals surface area (Å²) in [7, 11) is -2.14. The van der Waals surface area contributed by atoms with E-state index in [1.54, 1.807) is 25.1 Å². The minimum atomic E-state index is -3.60. The van der Waals surface area contributed by atoms with Gasteiger partial charge in [-0.3, -0.25) is 0 Å². The van der Waals surface area contributed by atoms with Crippen LogP contribution in [0.15, 0.2) is 29.2 Å². The number of aliphatic hydroxyl groups excluding tert-OH is 1. The minimum Gasteiger partial charge on any atom is -0.395 e. The summed E-state index contributed by atoms with van der Waals surface area (Å²) in [6.45, 7) is 3.38. The Balaban J connectivity index is 3.15. The van der Waals surface area contributed by atoms with E-state index in [0.717, 1.165) is 12.0 Å². The summed E-state index contributed by atoms with van der Waals surface area (Å²) in [6, 6.07) is 6.02. The first-order valence-electron chi connectivity index (χ1n) is 6.29. The van der Waals surface area contributed by atoms with Crippen LogP contribution in [0, 0.1) is 0 Å². The minimum absolute atomic E-state index is 0.171. The summed E-state index contributed by atoms with van der Waals surface area (Å²) in [5, 5.41) is 9.07. The second-order valence-corrected chi connectivity index (χ2v) is 6.64. The van der Waals surface area contributed by atoms with Gasteiger partial charge in [0.1, 0.15) is 0 Å². The van der Waals surface area contributed by atoms with Crippen LogP contribution in [0.4, 0.5) is 0 Å². The number of likely N-dealkylation sites (N-methyl/N-ethyl adjacent to an activating group) is 1. The lowest BCUT2D eigenvalue weighted by molar-refractivity contribution is 0.214. The molecule has 0 aliphatic heterocycles. The molecule has 0 aromatic heterocycles. The van der Waals surface area contributed by atoms with Crippen LogP contribution >= 0.6 is 0 Å². The van der Waals surface area contributed by atoms with Gasteiger partial charge in [0.05, 0.1) is 11.5 Å². The van der Waals surface area contributed by atoms with Crippen LogP contribution in [-0.4, -0.2) is 37.5 Å². The molecule has 2 unspecified atom stereocenters. The molecule has 0 aliphatic rings. The lowest BCUT2D eigenvalue weighted by atomic mass is 10.1. The van der Waals surface area contributed by atoms with E-state index in [1.807, 2.05) is 13.0 Å². The van der Waals surface area contributed by atoms with E-state index in [4.69, 9.17) is 10.8 Å². The number of sulfonamides is 1. The van der Waals surface area contributed by atoms with Crippen LogP contribution in [0.1, 0.15) is 31.9 Å². The number of rotatable bonds is 6. The molecule has 0 saturated heterocycles. The lowest BCUT2D eigenvalue weighted by Gasteiger charge is -2.23. The van der Waals surface area contributed by atoms with Crippen LogP contribution in [0.25, 0.3) is 0 Å². The molecule has 0 heterocycles. The molecular weight excluding hydrogens is 264 g/mol. The standard InChI is InChI=1S/C13H22N2O3S/c1-4-13(14)11-6-5-7-12(8-11)19(17,18)15(3)10(2)9-16/h5-8,10,13,16H,4,9,14H2,1-3H3. The van der Waals surface area contributed by atoms with Gasteiger partial charge < -0.3 is 10.8 Å². The van der Waals surface area contributed by atoms with Gasteiger partial charge in [0, 0.05) is 19.1 Å². The van der Waals surface area contributed by atoms with Gasteiger partial charge in [-0.15, -0.1) is 0 Å². The van der Waals surface area contributed by atoms with Crippen molar-refractivity contribution in [3.8, 4) is 0 Å². The molecule has 1 aromatic rings. The molecule has 1 aromatic carbocycles.